The maximum Gasteiger partial charge on any atom is 0.256 e. The number of aliphatic hydroxyl groups excluding tert-OH is 2. The van der Waals surface area contributed by atoms with Crippen molar-refractivity contribution in [1.82, 2.24) is 0 Å². The lowest BCUT2D eigenvalue weighted by atomic mass is 9.88. The zero-order valence-electron chi connectivity index (χ0n) is 13.5. The van der Waals surface area contributed by atoms with Gasteiger partial charge >= 0.3 is 0 Å². The first-order valence-electron chi connectivity index (χ1n) is 7.91. The molecule has 7 heteroatoms. The standard InChI is InChI=1S/C14H26O7/c1-4-7-10(15)14(18)13(17)12(20-6-3)11(16)9(21-14)8-19-5-2/h9,11-13,16-18H,4-8H2,1-3H3/t9-,11-,12+,13-,14?/m1/s1/i1D. The summed E-state index contributed by atoms with van der Waals surface area (Å²) in [5.41, 5.74) is 0. The van der Waals surface area contributed by atoms with Crippen LogP contribution in [0.1, 0.15) is 35.0 Å². The van der Waals surface area contributed by atoms with Crippen LogP contribution in [0.15, 0.2) is 0 Å². The van der Waals surface area contributed by atoms with Gasteiger partial charge in [-0.05, 0) is 20.3 Å². The van der Waals surface area contributed by atoms with Crippen molar-refractivity contribution in [3.8, 4) is 0 Å². The minimum atomic E-state index is -2.46. The number of ether oxygens (including phenoxy) is 3. The summed E-state index contributed by atoms with van der Waals surface area (Å²) in [7, 11) is 0. The van der Waals surface area contributed by atoms with E-state index in [1.807, 2.05) is 0 Å². The number of Topliss-reactive ketones (excluding diaryl/α,β-unsaturated/α-hetero) is 1. The molecule has 1 unspecified atom stereocenters. The molecule has 7 nitrogen and oxygen atoms in total. The van der Waals surface area contributed by atoms with Crippen molar-refractivity contribution in [3.63, 3.8) is 0 Å². The minimum Gasteiger partial charge on any atom is -0.387 e. The van der Waals surface area contributed by atoms with E-state index in [9.17, 15) is 20.1 Å². The molecule has 0 aliphatic carbocycles. The van der Waals surface area contributed by atoms with Gasteiger partial charge in [-0.15, -0.1) is 0 Å². The van der Waals surface area contributed by atoms with Crippen molar-refractivity contribution in [1.29, 1.82) is 0 Å². The second-order valence-electron chi connectivity index (χ2n) is 4.89. The highest BCUT2D eigenvalue weighted by atomic mass is 16.7. The van der Waals surface area contributed by atoms with Crippen LogP contribution < -0.4 is 0 Å². The molecule has 0 amide bonds. The van der Waals surface area contributed by atoms with E-state index >= 15 is 0 Å². The van der Waals surface area contributed by atoms with E-state index in [-0.39, 0.29) is 33.0 Å². The van der Waals surface area contributed by atoms with Gasteiger partial charge in [0.15, 0.2) is 5.78 Å². The van der Waals surface area contributed by atoms with Crippen molar-refractivity contribution in [3.05, 3.63) is 0 Å². The highest BCUT2D eigenvalue weighted by molar-refractivity contribution is 5.86. The van der Waals surface area contributed by atoms with Gasteiger partial charge in [0.05, 0.1) is 6.61 Å². The molecule has 1 aliphatic heterocycles. The van der Waals surface area contributed by atoms with Gasteiger partial charge in [-0.2, -0.15) is 0 Å². The molecule has 5 atom stereocenters. The molecule has 3 N–H and O–H groups in total. The van der Waals surface area contributed by atoms with E-state index in [1.54, 1.807) is 13.8 Å². The summed E-state index contributed by atoms with van der Waals surface area (Å²) in [5.74, 6) is -3.19. The predicted octanol–water partition coefficient (Wildman–Crippen LogP) is -0.394. The zero-order valence-corrected chi connectivity index (χ0v) is 12.5. The second kappa shape index (κ2) is 8.17. The van der Waals surface area contributed by atoms with Crippen LogP contribution in [0.5, 0.6) is 0 Å². The quantitative estimate of drug-likeness (QED) is 0.560. The predicted molar refractivity (Wildman–Crippen MR) is 73.7 cm³/mol. The van der Waals surface area contributed by atoms with Crippen LogP contribution in [0.2, 0.25) is 0 Å². The zero-order chi connectivity index (χ0) is 16.8. The SMILES string of the molecule is [2H]CCCC(=O)C1(O)O[C@H](COCC)[C@@H](O)[C@H](OCC)[C@H]1O. The number of ketones is 1. The Balaban J connectivity index is 2.96. The molecule has 1 fully saturated rings. The van der Waals surface area contributed by atoms with Gasteiger partial charge < -0.3 is 29.5 Å². The first kappa shape index (κ1) is 16.8. The molecule has 0 radical (unpaired) electrons. The van der Waals surface area contributed by atoms with Crippen LogP contribution >= 0.6 is 0 Å². The monoisotopic (exact) mass is 307 g/mol. The van der Waals surface area contributed by atoms with Gasteiger partial charge in [0.2, 0.25) is 0 Å². The van der Waals surface area contributed by atoms with Crippen molar-refractivity contribution >= 4 is 5.78 Å². The number of rotatable bonds is 8. The van der Waals surface area contributed by atoms with Crippen molar-refractivity contribution in [2.45, 2.75) is 63.8 Å². The molecule has 0 saturated carbocycles. The fourth-order valence-electron chi connectivity index (χ4n) is 2.31. The van der Waals surface area contributed by atoms with Gasteiger partial charge in [-0.1, -0.05) is 6.90 Å². The summed E-state index contributed by atoms with van der Waals surface area (Å²) >= 11 is 0. The summed E-state index contributed by atoms with van der Waals surface area (Å²) in [5, 5.41) is 30.9. The summed E-state index contributed by atoms with van der Waals surface area (Å²) < 4.78 is 22.8. The molecule has 1 aliphatic rings. The number of carbonyl (C=O) groups is 1. The Morgan fingerprint density at radius 2 is 2.10 bits per heavy atom. The highest BCUT2D eigenvalue weighted by Gasteiger charge is 2.57. The molecule has 0 spiro atoms. The summed E-state index contributed by atoms with van der Waals surface area (Å²) in [6.07, 6.45) is -4.95. The van der Waals surface area contributed by atoms with E-state index in [2.05, 4.69) is 0 Å². The van der Waals surface area contributed by atoms with Crippen LogP contribution in [0.25, 0.3) is 0 Å². The molecule has 21 heavy (non-hydrogen) atoms. The normalized spacial score (nSPS) is 37.3. The second-order valence-corrected chi connectivity index (χ2v) is 4.89. The Hall–Kier alpha value is -0.570. The van der Waals surface area contributed by atoms with E-state index in [4.69, 9.17) is 15.6 Å². The summed E-state index contributed by atoms with van der Waals surface area (Å²) in [6, 6.07) is 0. The fraction of sp³-hybridized carbons (Fsp3) is 0.929. The Morgan fingerprint density at radius 3 is 2.67 bits per heavy atom. The molecule has 0 bridgehead atoms. The molecule has 1 rings (SSSR count). The Labute approximate surface area is 126 Å². The lowest BCUT2D eigenvalue weighted by Crippen LogP contribution is -2.68. The molecular formula is C14H26O7. The molecule has 0 aromatic rings. The first-order chi connectivity index (χ1) is 10.4. The third-order valence-electron chi connectivity index (χ3n) is 3.41. The van der Waals surface area contributed by atoms with Gasteiger partial charge in [0.25, 0.3) is 5.79 Å². The number of hydrogen-bond donors (Lipinski definition) is 3. The average molecular weight is 307 g/mol. The Morgan fingerprint density at radius 1 is 1.38 bits per heavy atom. The number of carbonyl (C=O) groups excluding carboxylic acids is 1. The van der Waals surface area contributed by atoms with Crippen LogP contribution in [0.4, 0.5) is 0 Å². The van der Waals surface area contributed by atoms with Crippen molar-refractivity contribution in [2.75, 3.05) is 19.8 Å². The smallest absolute Gasteiger partial charge is 0.256 e. The number of aliphatic hydroxyl groups is 3. The molecular weight excluding hydrogens is 280 g/mol. The van der Waals surface area contributed by atoms with Gasteiger partial charge in [0, 0.05) is 21.0 Å². The third-order valence-corrected chi connectivity index (χ3v) is 3.41. The highest BCUT2D eigenvalue weighted by Crippen LogP contribution is 2.32. The Bertz CT molecular complexity index is 354. The van der Waals surface area contributed by atoms with Gasteiger partial charge in [0.1, 0.15) is 24.4 Å². The van der Waals surface area contributed by atoms with Crippen LogP contribution in [-0.4, -0.2) is 71.1 Å². The van der Waals surface area contributed by atoms with Crippen LogP contribution in [0, 0.1) is 0 Å². The van der Waals surface area contributed by atoms with E-state index in [1.165, 1.54) is 0 Å². The Kier molecular flexibility index (Phi) is 6.53. The largest absolute Gasteiger partial charge is 0.387 e. The van der Waals surface area contributed by atoms with Crippen LogP contribution in [0.3, 0.4) is 0 Å². The number of hydrogen-bond acceptors (Lipinski definition) is 7. The van der Waals surface area contributed by atoms with Gasteiger partial charge in [-0.3, -0.25) is 4.79 Å². The van der Waals surface area contributed by atoms with Crippen molar-refractivity contribution in [2.24, 2.45) is 0 Å². The molecule has 1 heterocycles. The average Bonchev–Trinajstić information content (AvgIpc) is 2.51. The molecule has 1 saturated heterocycles. The molecule has 0 aromatic carbocycles. The van der Waals surface area contributed by atoms with Crippen LogP contribution in [-0.2, 0) is 19.0 Å². The molecule has 0 aromatic heterocycles. The summed E-state index contributed by atoms with van der Waals surface area (Å²) in [4.78, 5) is 12.2. The van der Waals surface area contributed by atoms with E-state index < -0.39 is 36.0 Å². The third kappa shape index (κ3) is 4.00. The maximum absolute atomic E-state index is 12.2. The minimum absolute atomic E-state index is 0.0256. The lowest BCUT2D eigenvalue weighted by Gasteiger charge is -2.46. The fourth-order valence-corrected chi connectivity index (χ4v) is 2.31. The van der Waals surface area contributed by atoms with Crippen molar-refractivity contribution < 1.29 is 35.7 Å². The lowest BCUT2D eigenvalue weighted by molar-refractivity contribution is -0.337. The topological polar surface area (TPSA) is 105 Å². The summed E-state index contributed by atoms with van der Waals surface area (Å²) in [6.45, 7) is 3.99. The first-order valence-corrected chi connectivity index (χ1v) is 7.20. The van der Waals surface area contributed by atoms with E-state index in [0.29, 0.717) is 6.61 Å². The van der Waals surface area contributed by atoms with Gasteiger partial charge in [-0.25, -0.2) is 0 Å². The molecule has 124 valence electrons. The van der Waals surface area contributed by atoms with E-state index in [0.717, 1.165) is 0 Å². The maximum atomic E-state index is 12.2.